The summed E-state index contributed by atoms with van der Waals surface area (Å²) in [7, 11) is 0. The monoisotopic (exact) mass is 117 g/mol. The van der Waals surface area contributed by atoms with Crippen LogP contribution in [0, 0.1) is 0 Å². The Balaban J connectivity index is 2.97. The molecular formula is C4H7NOS. The van der Waals surface area contributed by atoms with E-state index in [9.17, 15) is 0 Å². The topological polar surface area (TPSA) is 32.3 Å². The van der Waals surface area contributed by atoms with E-state index in [0.29, 0.717) is 6.54 Å². The van der Waals surface area contributed by atoms with Crippen molar-refractivity contribution in [2.24, 2.45) is 0 Å². The van der Waals surface area contributed by atoms with E-state index in [1.165, 1.54) is 5.49 Å². The maximum atomic E-state index is 8.36. The van der Waals surface area contributed by atoms with Gasteiger partial charge in [-0.3, -0.25) is 0 Å². The third-order valence-electron chi connectivity index (χ3n) is 0.389. The van der Waals surface area contributed by atoms with Gasteiger partial charge >= 0.3 is 0 Å². The molecule has 0 atom stereocenters. The number of thiocarbonyl (C=S) groups is 1. The Morgan fingerprint density at radius 1 is 2.00 bits per heavy atom. The number of hydrogen-bond donors (Lipinski definition) is 2. The predicted octanol–water partition coefficient (Wildman–Crippen LogP) is 0.605. The average molecular weight is 117 g/mol. The number of aliphatic hydroxyl groups excluding tert-OH is 1. The van der Waals surface area contributed by atoms with Crippen molar-refractivity contribution in [2.75, 3.05) is 6.54 Å². The molecule has 0 spiro atoms. The predicted molar refractivity (Wildman–Crippen MR) is 33.4 cm³/mol. The normalized spacial score (nSPS) is 7.43. The summed E-state index contributed by atoms with van der Waals surface area (Å²) in [6.07, 6.45) is 0. The molecule has 0 rings (SSSR count). The Bertz CT molecular complexity index is 81.8. The number of aliphatic hydroxyl groups is 1. The average Bonchev–Trinajstić information content (AvgIpc) is 1.61. The Hall–Kier alpha value is -0.570. The summed E-state index contributed by atoms with van der Waals surface area (Å²) in [6.45, 7) is 3.57. The Kier molecular flexibility index (Phi) is 3.32. The summed E-state index contributed by atoms with van der Waals surface area (Å²) in [4.78, 5) is 0. The zero-order valence-electron chi connectivity index (χ0n) is 3.85. The van der Waals surface area contributed by atoms with Gasteiger partial charge in [0.2, 0.25) is 0 Å². The highest BCUT2D eigenvalue weighted by Gasteiger charge is 1.79. The standard InChI is InChI=1S/C4H7NOS/c1-4(6)2-5-3-7/h3,6H,1-2H2,(H,5,7). The molecule has 0 heterocycles. The van der Waals surface area contributed by atoms with Crippen molar-refractivity contribution in [3.63, 3.8) is 0 Å². The van der Waals surface area contributed by atoms with Crippen LogP contribution in [0.2, 0.25) is 0 Å². The van der Waals surface area contributed by atoms with E-state index in [4.69, 9.17) is 5.11 Å². The Morgan fingerprint density at radius 3 is 2.71 bits per heavy atom. The second-order valence-electron chi connectivity index (χ2n) is 1.06. The van der Waals surface area contributed by atoms with Gasteiger partial charge in [-0.15, -0.1) is 0 Å². The zero-order valence-corrected chi connectivity index (χ0v) is 4.66. The van der Waals surface area contributed by atoms with E-state index in [-0.39, 0.29) is 5.76 Å². The number of rotatable bonds is 3. The summed E-state index contributed by atoms with van der Waals surface area (Å²) in [6, 6.07) is 0. The molecule has 0 unspecified atom stereocenters. The molecule has 7 heavy (non-hydrogen) atoms. The van der Waals surface area contributed by atoms with Gasteiger partial charge in [-0.1, -0.05) is 18.8 Å². The van der Waals surface area contributed by atoms with Crippen LogP contribution in [0.3, 0.4) is 0 Å². The van der Waals surface area contributed by atoms with Gasteiger partial charge in [-0.2, -0.15) is 0 Å². The van der Waals surface area contributed by atoms with E-state index >= 15 is 0 Å². The summed E-state index contributed by atoms with van der Waals surface area (Å²) < 4.78 is 0. The van der Waals surface area contributed by atoms with Crippen molar-refractivity contribution in [2.45, 2.75) is 0 Å². The molecule has 0 aromatic rings. The van der Waals surface area contributed by atoms with Gasteiger partial charge in [0.15, 0.2) is 0 Å². The first kappa shape index (κ1) is 6.43. The first-order valence-corrected chi connectivity index (χ1v) is 2.28. The summed E-state index contributed by atoms with van der Waals surface area (Å²) >= 11 is 4.38. The van der Waals surface area contributed by atoms with Gasteiger partial charge in [-0.25, -0.2) is 0 Å². The van der Waals surface area contributed by atoms with Gasteiger partial charge in [0, 0.05) is 0 Å². The lowest BCUT2D eigenvalue weighted by Crippen LogP contribution is -2.11. The molecule has 2 nitrogen and oxygen atoms in total. The molecule has 40 valence electrons. The minimum Gasteiger partial charge on any atom is -0.511 e. The highest BCUT2D eigenvalue weighted by atomic mass is 32.1. The van der Waals surface area contributed by atoms with Gasteiger partial charge in [0.05, 0.1) is 12.0 Å². The van der Waals surface area contributed by atoms with Crippen LogP contribution < -0.4 is 5.32 Å². The molecular weight excluding hydrogens is 110 g/mol. The molecule has 0 radical (unpaired) electrons. The summed E-state index contributed by atoms with van der Waals surface area (Å²) in [5.41, 5.74) is 1.33. The highest BCUT2D eigenvalue weighted by molar-refractivity contribution is 7.78. The first-order chi connectivity index (χ1) is 3.27. The molecule has 0 aliphatic carbocycles. The third kappa shape index (κ3) is 5.43. The number of nitrogens with one attached hydrogen (secondary N) is 1. The lowest BCUT2D eigenvalue weighted by molar-refractivity contribution is 0.402. The lowest BCUT2D eigenvalue weighted by atomic mass is 10.6. The van der Waals surface area contributed by atoms with E-state index < -0.39 is 0 Å². The van der Waals surface area contributed by atoms with Crippen LogP contribution in [0.5, 0.6) is 0 Å². The van der Waals surface area contributed by atoms with Gasteiger partial charge in [0.1, 0.15) is 5.76 Å². The van der Waals surface area contributed by atoms with E-state index in [1.54, 1.807) is 0 Å². The third-order valence-corrected chi connectivity index (χ3v) is 0.556. The van der Waals surface area contributed by atoms with Crippen molar-refractivity contribution in [1.82, 2.24) is 5.32 Å². The van der Waals surface area contributed by atoms with E-state index in [0.717, 1.165) is 0 Å². The zero-order chi connectivity index (χ0) is 5.70. The van der Waals surface area contributed by atoms with Crippen molar-refractivity contribution in [3.05, 3.63) is 12.3 Å². The van der Waals surface area contributed by atoms with Crippen LogP contribution in [0.15, 0.2) is 12.3 Å². The maximum Gasteiger partial charge on any atom is 0.104 e. The fraction of sp³-hybridized carbons (Fsp3) is 0.250. The smallest absolute Gasteiger partial charge is 0.104 e. The molecule has 0 aromatic heterocycles. The number of hydrogen-bond acceptors (Lipinski definition) is 2. The van der Waals surface area contributed by atoms with Crippen molar-refractivity contribution >= 4 is 17.7 Å². The summed E-state index contributed by atoms with van der Waals surface area (Å²) in [5, 5.41) is 10.9. The van der Waals surface area contributed by atoms with Gasteiger partial charge < -0.3 is 10.4 Å². The quantitative estimate of drug-likeness (QED) is 0.419. The molecule has 3 heteroatoms. The van der Waals surface area contributed by atoms with Crippen molar-refractivity contribution in [1.29, 1.82) is 0 Å². The minimum atomic E-state index is 0.0982. The Labute approximate surface area is 47.8 Å². The van der Waals surface area contributed by atoms with Gasteiger partial charge in [-0.05, 0) is 0 Å². The molecule has 0 aromatic carbocycles. The second-order valence-corrected chi connectivity index (χ2v) is 1.30. The van der Waals surface area contributed by atoms with Gasteiger partial charge in [0.25, 0.3) is 0 Å². The van der Waals surface area contributed by atoms with E-state index in [1.807, 2.05) is 0 Å². The molecule has 0 bridgehead atoms. The Morgan fingerprint density at radius 2 is 2.57 bits per heavy atom. The summed E-state index contributed by atoms with van der Waals surface area (Å²) in [5.74, 6) is 0.0982. The molecule has 0 aliphatic rings. The molecule has 0 saturated carbocycles. The van der Waals surface area contributed by atoms with Crippen molar-refractivity contribution in [3.8, 4) is 0 Å². The molecule has 0 fully saturated rings. The van der Waals surface area contributed by atoms with E-state index in [2.05, 4.69) is 24.1 Å². The second kappa shape index (κ2) is 3.61. The first-order valence-electron chi connectivity index (χ1n) is 1.81. The largest absolute Gasteiger partial charge is 0.511 e. The molecule has 0 amide bonds. The highest BCUT2D eigenvalue weighted by Crippen LogP contribution is 1.72. The fourth-order valence-electron chi connectivity index (χ4n) is 0.159. The minimum absolute atomic E-state index is 0.0982. The van der Waals surface area contributed by atoms with Crippen LogP contribution in [0.1, 0.15) is 0 Å². The maximum absolute atomic E-state index is 8.36. The SMILES string of the molecule is C=C(O)CNC=S. The fourth-order valence-corrected chi connectivity index (χ4v) is 0.243. The molecule has 2 N–H and O–H groups in total. The van der Waals surface area contributed by atoms with Crippen LogP contribution in [-0.2, 0) is 0 Å². The molecule has 0 saturated heterocycles. The van der Waals surface area contributed by atoms with Crippen LogP contribution in [0.4, 0.5) is 0 Å². The van der Waals surface area contributed by atoms with Crippen molar-refractivity contribution < 1.29 is 5.11 Å². The van der Waals surface area contributed by atoms with Crippen LogP contribution >= 0.6 is 12.2 Å². The lowest BCUT2D eigenvalue weighted by Gasteiger charge is -1.92. The molecule has 0 aliphatic heterocycles. The van der Waals surface area contributed by atoms with Crippen LogP contribution in [0.25, 0.3) is 0 Å². The van der Waals surface area contributed by atoms with Crippen LogP contribution in [-0.4, -0.2) is 17.1 Å².